The number of amides is 1. The van der Waals surface area contributed by atoms with Crippen molar-refractivity contribution in [3.8, 4) is 17.7 Å². The molecular formula is C21H17FN4O2. The lowest BCUT2D eigenvalue weighted by atomic mass is 10.2. The van der Waals surface area contributed by atoms with Crippen LogP contribution in [0.1, 0.15) is 22.8 Å². The van der Waals surface area contributed by atoms with E-state index in [9.17, 15) is 9.18 Å². The number of hydrogen-bond donors (Lipinski definition) is 2. The summed E-state index contributed by atoms with van der Waals surface area (Å²) in [6.07, 6.45) is 0. The fourth-order valence-electron chi connectivity index (χ4n) is 2.42. The molecule has 0 spiro atoms. The average molecular weight is 376 g/mol. The van der Waals surface area contributed by atoms with E-state index in [0.29, 0.717) is 40.8 Å². The first kappa shape index (κ1) is 18.9. The van der Waals surface area contributed by atoms with Crippen LogP contribution in [-0.2, 0) is 0 Å². The first-order valence-electron chi connectivity index (χ1n) is 8.59. The van der Waals surface area contributed by atoms with Gasteiger partial charge in [0.05, 0.1) is 17.3 Å². The van der Waals surface area contributed by atoms with Crippen molar-refractivity contribution >= 4 is 17.4 Å². The lowest BCUT2D eigenvalue weighted by molar-refractivity contribution is 0.102. The Bertz CT molecular complexity index is 1010. The minimum atomic E-state index is -0.407. The van der Waals surface area contributed by atoms with Crippen LogP contribution in [0.2, 0.25) is 0 Å². The average Bonchev–Trinajstić information content (AvgIpc) is 2.71. The third-order valence-corrected chi connectivity index (χ3v) is 3.77. The molecule has 0 saturated heterocycles. The molecule has 140 valence electrons. The summed E-state index contributed by atoms with van der Waals surface area (Å²) in [5, 5.41) is 14.7. The topological polar surface area (TPSA) is 87.0 Å². The molecule has 1 amide bonds. The molecule has 6 nitrogen and oxygen atoms in total. The van der Waals surface area contributed by atoms with Crippen LogP contribution in [0.4, 0.5) is 15.9 Å². The lowest BCUT2D eigenvalue weighted by Crippen LogP contribution is -2.14. The van der Waals surface area contributed by atoms with Crippen LogP contribution < -0.4 is 15.4 Å². The van der Waals surface area contributed by atoms with Crippen LogP contribution in [0, 0.1) is 17.1 Å². The van der Waals surface area contributed by atoms with Gasteiger partial charge in [0.1, 0.15) is 11.6 Å². The molecule has 3 aromatic rings. The fraction of sp³-hybridized carbons (Fsp3) is 0.0952. The van der Waals surface area contributed by atoms with Crippen molar-refractivity contribution in [3.63, 3.8) is 0 Å². The Kier molecular flexibility index (Phi) is 5.82. The molecule has 0 bridgehead atoms. The number of rotatable bonds is 6. The van der Waals surface area contributed by atoms with Gasteiger partial charge < -0.3 is 15.4 Å². The normalized spacial score (nSPS) is 10.0. The molecule has 28 heavy (non-hydrogen) atoms. The van der Waals surface area contributed by atoms with E-state index in [1.165, 1.54) is 24.3 Å². The van der Waals surface area contributed by atoms with Crippen LogP contribution in [0.3, 0.4) is 0 Å². The summed E-state index contributed by atoms with van der Waals surface area (Å²) in [6.45, 7) is 2.49. The highest BCUT2D eigenvalue weighted by atomic mass is 19.1. The predicted molar refractivity (Wildman–Crippen MR) is 104 cm³/mol. The Morgan fingerprint density at radius 2 is 1.82 bits per heavy atom. The van der Waals surface area contributed by atoms with Gasteiger partial charge in [0.25, 0.3) is 5.91 Å². The van der Waals surface area contributed by atoms with E-state index in [-0.39, 0.29) is 5.91 Å². The maximum atomic E-state index is 13.0. The Hall–Kier alpha value is -3.92. The van der Waals surface area contributed by atoms with E-state index in [4.69, 9.17) is 10.00 Å². The SMILES string of the molecule is CCNc1nc(Oc2ccc(C#N)cc2)ccc1NC(=O)c1ccc(F)cc1. The molecule has 0 radical (unpaired) electrons. The number of nitriles is 1. The smallest absolute Gasteiger partial charge is 0.255 e. The van der Waals surface area contributed by atoms with Crippen molar-refractivity contribution in [2.75, 3.05) is 17.2 Å². The molecule has 7 heteroatoms. The fourth-order valence-corrected chi connectivity index (χ4v) is 2.42. The number of nitrogens with one attached hydrogen (secondary N) is 2. The summed E-state index contributed by atoms with van der Waals surface area (Å²) < 4.78 is 18.7. The zero-order valence-corrected chi connectivity index (χ0v) is 15.1. The summed E-state index contributed by atoms with van der Waals surface area (Å²) >= 11 is 0. The molecule has 0 atom stereocenters. The molecule has 2 aromatic carbocycles. The summed E-state index contributed by atoms with van der Waals surface area (Å²) in [6, 6.07) is 17.3. The van der Waals surface area contributed by atoms with E-state index in [1.54, 1.807) is 36.4 Å². The van der Waals surface area contributed by atoms with Gasteiger partial charge >= 0.3 is 0 Å². The number of pyridine rings is 1. The second-order valence-electron chi connectivity index (χ2n) is 5.78. The van der Waals surface area contributed by atoms with Crippen molar-refractivity contribution in [1.29, 1.82) is 5.26 Å². The van der Waals surface area contributed by atoms with E-state index < -0.39 is 5.82 Å². The first-order valence-corrected chi connectivity index (χ1v) is 8.59. The molecular weight excluding hydrogens is 359 g/mol. The second kappa shape index (κ2) is 8.64. The van der Waals surface area contributed by atoms with Gasteiger partial charge in [0.15, 0.2) is 5.82 Å². The van der Waals surface area contributed by atoms with Crippen LogP contribution >= 0.6 is 0 Å². The number of benzene rings is 2. The first-order chi connectivity index (χ1) is 13.6. The highest BCUT2D eigenvalue weighted by Gasteiger charge is 2.12. The number of halogens is 1. The monoisotopic (exact) mass is 376 g/mol. The molecule has 0 fully saturated rings. The van der Waals surface area contributed by atoms with Crippen molar-refractivity contribution in [3.05, 3.63) is 77.6 Å². The third kappa shape index (κ3) is 4.62. The summed E-state index contributed by atoms with van der Waals surface area (Å²) in [5.41, 5.74) is 1.35. The molecule has 1 heterocycles. The van der Waals surface area contributed by atoms with Gasteiger partial charge in [-0.1, -0.05) is 0 Å². The Labute approximate surface area is 161 Å². The predicted octanol–water partition coefficient (Wildman–Crippen LogP) is 4.57. The Morgan fingerprint density at radius 3 is 2.46 bits per heavy atom. The van der Waals surface area contributed by atoms with Crippen LogP contribution in [0.15, 0.2) is 60.7 Å². The zero-order chi connectivity index (χ0) is 19.9. The number of anilines is 2. The van der Waals surface area contributed by atoms with Crippen LogP contribution in [0.5, 0.6) is 11.6 Å². The Balaban J connectivity index is 1.79. The third-order valence-electron chi connectivity index (χ3n) is 3.77. The summed E-state index contributed by atoms with van der Waals surface area (Å²) in [5.74, 6) is 0.541. The lowest BCUT2D eigenvalue weighted by Gasteiger charge is -2.13. The molecule has 0 aliphatic rings. The van der Waals surface area contributed by atoms with Crippen molar-refractivity contribution in [2.45, 2.75) is 6.92 Å². The van der Waals surface area contributed by atoms with Gasteiger partial charge in [-0.3, -0.25) is 4.79 Å². The molecule has 2 N–H and O–H groups in total. The van der Waals surface area contributed by atoms with Gasteiger partial charge in [-0.25, -0.2) is 4.39 Å². The van der Waals surface area contributed by atoms with Gasteiger partial charge in [-0.05, 0) is 61.5 Å². The van der Waals surface area contributed by atoms with E-state index >= 15 is 0 Å². The summed E-state index contributed by atoms with van der Waals surface area (Å²) in [7, 11) is 0. The molecule has 3 rings (SSSR count). The van der Waals surface area contributed by atoms with Crippen LogP contribution in [0.25, 0.3) is 0 Å². The minimum absolute atomic E-state index is 0.334. The maximum absolute atomic E-state index is 13.0. The maximum Gasteiger partial charge on any atom is 0.255 e. The zero-order valence-electron chi connectivity index (χ0n) is 15.1. The number of ether oxygens (including phenoxy) is 1. The van der Waals surface area contributed by atoms with E-state index in [0.717, 1.165) is 0 Å². The number of nitrogens with zero attached hydrogens (tertiary/aromatic N) is 2. The molecule has 0 unspecified atom stereocenters. The van der Waals surface area contributed by atoms with E-state index in [2.05, 4.69) is 15.6 Å². The van der Waals surface area contributed by atoms with Gasteiger partial charge in [-0.2, -0.15) is 10.2 Å². The standard InChI is InChI=1S/C21H17FN4O2/c1-2-24-20-18(25-21(27)15-5-7-16(22)8-6-15)11-12-19(26-20)28-17-9-3-14(13-23)4-10-17/h3-12H,2H2,1H3,(H,24,26)(H,25,27). The molecule has 0 saturated carbocycles. The minimum Gasteiger partial charge on any atom is -0.439 e. The number of carbonyl (C=O) groups excluding carboxylic acids is 1. The Morgan fingerprint density at radius 1 is 1.11 bits per heavy atom. The molecule has 0 aliphatic carbocycles. The van der Waals surface area contributed by atoms with Crippen molar-refractivity contribution in [2.24, 2.45) is 0 Å². The van der Waals surface area contributed by atoms with Crippen molar-refractivity contribution in [1.82, 2.24) is 4.98 Å². The summed E-state index contributed by atoms with van der Waals surface area (Å²) in [4.78, 5) is 16.8. The second-order valence-corrected chi connectivity index (χ2v) is 5.78. The quantitative estimate of drug-likeness (QED) is 0.658. The van der Waals surface area contributed by atoms with Crippen molar-refractivity contribution < 1.29 is 13.9 Å². The van der Waals surface area contributed by atoms with E-state index in [1.807, 2.05) is 13.0 Å². The number of carbonyl (C=O) groups is 1. The van der Waals surface area contributed by atoms with Gasteiger partial charge in [0, 0.05) is 18.2 Å². The van der Waals surface area contributed by atoms with Gasteiger partial charge in [0.2, 0.25) is 5.88 Å². The molecule has 0 aliphatic heterocycles. The van der Waals surface area contributed by atoms with Gasteiger partial charge in [-0.15, -0.1) is 0 Å². The number of aromatic nitrogens is 1. The highest BCUT2D eigenvalue weighted by molar-refractivity contribution is 6.05. The highest BCUT2D eigenvalue weighted by Crippen LogP contribution is 2.27. The number of hydrogen-bond acceptors (Lipinski definition) is 5. The molecule has 1 aromatic heterocycles. The van der Waals surface area contributed by atoms with Crippen LogP contribution in [-0.4, -0.2) is 17.4 Å². The largest absolute Gasteiger partial charge is 0.439 e.